The Hall–Kier alpha value is -1.29. The molecule has 2 rings (SSSR count). The summed E-state index contributed by atoms with van der Waals surface area (Å²) in [4.78, 5) is 4.88. The van der Waals surface area contributed by atoms with Crippen molar-refractivity contribution in [2.24, 2.45) is 5.92 Å². The van der Waals surface area contributed by atoms with Crippen LogP contribution in [0.3, 0.4) is 0 Å². The van der Waals surface area contributed by atoms with Gasteiger partial charge in [0.25, 0.3) is 0 Å². The molecule has 2 aromatic rings. The van der Waals surface area contributed by atoms with E-state index in [9.17, 15) is 4.39 Å². The highest BCUT2D eigenvalue weighted by Gasteiger charge is 2.13. The van der Waals surface area contributed by atoms with E-state index in [0.717, 1.165) is 17.6 Å². The molecule has 0 radical (unpaired) electrons. The highest BCUT2D eigenvalue weighted by molar-refractivity contribution is 7.99. The molecule has 0 saturated carbocycles. The third kappa shape index (κ3) is 2.58. The van der Waals surface area contributed by atoms with Crippen molar-refractivity contribution in [3.05, 3.63) is 30.2 Å². The zero-order valence-electron chi connectivity index (χ0n) is 10.6. The van der Waals surface area contributed by atoms with Crippen molar-refractivity contribution in [2.75, 3.05) is 11.5 Å². The third-order valence-corrected chi connectivity index (χ3v) is 4.45. The molecule has 0 spiro atoms. The van der Waals surface area contributed by atoms with Gasteiger partial charge in [-0.15, -0.1) is 11.8 Å². The number of pyridine rings is 1. The summed E-state index contributed by atoms with van der Waals surface area (Å²) >= 11 is 1.52. The first-order valence-electron chi connectivity index (χ1n) is 6.09. The number of fused-ring (bicyclic) bond motifs is 1. The van der Waals surface area contributed by atoms with E-state index in [0.29, 0.717) is 22.0 Å². The van der Waals surface area contributed by atoms with Crippen LogP contribution in [0.4, 0.5) is 10.1 Å². The minimum absolute atomic E-state index is 0.271. The lowest BCUT2D eigenvalue weighted by atomic mass is 10.2. The highest BCUT2D eigenvalue weighted by Crippen LogP contribution is 2.33. The minimum Gasteiger partial charge on any atom is -0.398 e. The number of hydrogen-bond donors (Lipinski definition) is 1. The Kier molecular flexibility index (Phi) is 4.07. The van der Waals surface area contributed by atoms with E-state index >= 15 is 0 Å². The van der Waals surface area contributed by atoms with Crippen LogP contribution in [0.25, 0.3) is 10.9 Å². The maximum Gasteiger partial charge on any atom is 0.141 e. The monoisotopic (exact) mass is 264 g/mol. The first-order valence-corrected chi connectivity index (χ1v) is 7.07. The van der Waals surface area contributed by atoms with Gasteiger partial charge in [0.2, 0.25) is 0 Å². The van der Waals surface area contributed by atoms with Gasteiger partial charge in [-0.05, 0) is 24.1 Å². The van der Waals surface area contributed by atoms with E-state index in [-0.39, 0.29) is 5.82 Å². The number of anilines is 1. The Labute approximate surface area is 111 Å². The minimum atomic E-state index is -0.271. The van der Waals surface area contributed by atoms with Gasteiger partial charge in [-0.25, -0.2) is 4.39 Å². The number of nitrogen functional groups attached to an aromatic ring is 1. The van der Waals surface area contributed by atoms with E-state index < -0.39 is 0 Å². The molecule has 96 valence electrons. The summed E-state index contributed by atoms with van der Waals surface area (Å²) < 4.78 is 14.0. The van der Waals surface area contributed by atoms with Crippen LogP contribution in [0.5, 0.6) is 0 Å². The lowest BCUT2D eigenvalue weighted by Gasteiger charge is -2.11. The van der Waals surface area contributed by atoms with Gasteiger partial charge in [0.05, 0.1) is 10.4 Å². The van der Waals surface area contributed by atoms with E-state index in [1.807, 2.05) is 12.1 Å². The van der Waals surface area contributed by atoms with Crippen LogP contribution in [-0.4, -0.2) is 10.7 Å². The molecule has 0 aliphatic carbocycles. The predicted octanol–water partition coefficient (Wildman–Crippen LogP) is 4.09. The van der Waals surface area contributed by atoms with E-state index in [4.69, 9.17) is 5.73 Å². The molecule has 0 saturated heterocycles. The van der Waals surface area contributed by atoms with Gasteiger partial charge in [0.1, 0.15) is 5.82 Å². The molecule has 1 aromatic heterocycles. The van der Waals surface area contributed by atoms with E-state index in [2.05, 4.69) is 18.8 Å². The molecule has 4 heteroatoms. The fourth-order valence-electron chi connectivity index (χ4n) is 1.69. The molecular weight excluding hydrogens is 247 g/mol. The van der Waals surface area contributed by atoms with Crippen molar-refractivity contribution < 1.29 is 4.39 Å². The normalized spacial score (nSPS) is 12.8. The van der Waals surface area contributed by atoms with Crippen molar-refractivity contribution in [3.63, 3.8) is 0 Å². The highest BCUT2D eigenvalue weighted by atomic mass is 32.2. The summed E-state index contributed by atoms with van der Waals surface area (Å²) in [7, 11) is 0. The number of hydrogen-bond acceptors (Lipinski definition) is 3. The van der Waals surface area contributed by atoms with Crippen LogP contribution in [-0.2, 0) is 0 Å². The molecule has 1 unspecified atom stereocenters. The standard InChI is InChI=1S/C14H17FN2S/c1-3-9(2)8-18-14-11(15)7-12(16)10-5-4-6-17-13(10)14/h4-7,9H,3,8,16H2,1-2H3. The van der Waals surface area contributed by atoms with Crippen molar-refractivity contribution in [1.82, 2.24) is 4.98 Å². The van der Waals surface area contributed by atoms with E-state index in [1.165, 1.54) is 17.8 Å². The second-order valence-corrected chi connectivity index (χ2v) is 5.53. The molecule has 2 N–H and O–H groups in total. The molecule has 1 heterocycles. The zero-order valence-corrected chi connectivity index (χ0v) is 11.4. The Morgan fingerprint density at radius 2 is 2.28 bits per heavy atom. The van der Waals surface area contributed by atoms with Crippen LogP contribution in [0.2, 0.25) is 0 Å². The molecule has 0 aliphatic rings. The first-order chi connectivity index (χ1) is 8.63. The van der Waals surface area contributed by atoms with Crippen molar-refractivity contribution in [1.29, 1.82) is 0 Å². The largest absolute Gasteiger partial charge is 0.398 e. The molecular formula is C14H17FN2S. The van der Waals surface area contributed by atoms with Gasteiger partial charge in [-0.1, -0.05) is 20.3 Å². The van der Waals surface area contributed by atoms with Crippen LogP contribution < -0.4 is 5.73 Å². The van der Waals surface area contributed by atoms with Gasteiger partial charge in [0.15, 0.2) is 0 Å². The fourth-order valence-corrected chi connectivity index (χ4v) is 2.88. The molecule has 18 heavy (non-hydrogen) atoms. The number of aromatic nitrogens is 1. The zero-order chi connectivity index (χ0) is 13.1. The number of nitrogens with two attached hydrogens (primary N) is 1. The Morgan fingerprint density at radius 3 is 3.00 bits per heavy atom. The van der Waals surface area contributed by atoms with Crippen LogP contribution in [0.15, 0.2) is 29.3 Å². The van der Waals surface area contributed by atoms with Crippen LogP contribution >= 0.6 is 11.8 Å². The Morgan fingerprint density at radius 1 is 1.50 bits per heavy atom. The Balaban J connectivity index is 2.43. The second-order valence-electron chi connectivity index (χ2n) is 4.50. The van der Waals surface area contributed by atoms with Gasteiger partial charge < -0.3 is 5.73 Å². The van der Waals surface area contributed by atoms with Gasteiger partial charge in [0, 0.05) is 23.0 Å². The summed E-state index contributed by atoms with van der Waals surface area (Å²) in [5, 5.41) is 0.825. The smallest absolute Gasteiger partial charge is 0.141 e. The fraction of sp³-hybridized carbons (Fsp3) is 0.357. The maximum absolute atomic E-state index is 14.0. The summed E-state index contributed by atoms with van der Waals surface area (Å²) in [6, 6.07) is 5.09. The van der Waals surface area contributed by atoms with Crippen molar-refractivity contribution >= 4 is 28.4 Å². The third-order valence-electron chi connectivity index (χ3n) is 3.04. The summed E-state index contributed by atoms with van der Waals surface area (Å²) in [5.41, 5.74) is 6.94. The van der Waals surface area contributed by atoms with Crippen molar-refractivity contribution in [2.45, 2.75) is 25.2 Å². The lowest BCUT2D eigenvalue weighted by molar-refractivity contribution is 0.603. The average molecular weight is 264 g/mol. The number of thioether (sulfide) groups is 1. The lowest BCUT2D eigenvalue weighted by Crippen LogP contribution is -1.98. The first kappa shape index (κ1) is 13.1. The van der Waals surface area contributed by atoms with Gasteiger partial charge in [-0.2, -0.15) is 0 Å². The van der Waals surface area contributed by atoms with Gasteiger partial charge in [-0.3, -0.25) is 4.98 Å². The number of nitrogens with zero attached hydrogens (tertiary/aromatic N) is 1. The molecule has 1 aromatic carbocycles. The van der Waals surface area contributed by atoms with Crippen LogP contribution in [0.1, 0.15) is 20.3 Å². The van der Waals surface area contributed by atoms with Crippen molar-refractivity contribution in [3.8, 4) is 0 Å². The summed E-state index contributed by atoms with van der Waals surface area (Å²) in [6.07, 6.45) is 2.77. The molecule has 1 atom stereocenters. The predicted molar refractivity (Wildman–Crippen MR) is 76.3 cm³/mol. The number of rotatable bonds is 4. The SMILES string of the molecule is CCC(C)CSc1c(F)cc(N)c2cccnc12. The average Bonchev–Trinajstić information content (AvgIpc) is 2.38. The molecule has 0 amide bonds. The Bertz CT molecular complexity index is 557. The van der Waals surface area contributed by atoms with Gasteiger partial charge >= 0.3 is 0 Å². The van der Waals surface area contributed by atoms with E-state index in [1.54, 1.807) is 6.20 Å². The molecule has 0 bridgehead atoms. The molecule has 0 fully saturated rings. The molecule has 2 nitrogen and oxygen atoms in total. The summed E-state index contributed by atoms with van der Waals surface area (Å²) in [5.74, 6) is 1.18. The quantitative estimate of drug-likeness (QED) is 0.667. The maximum atomic E-state index is 14.0. The van der Waals surface area contributed by atoms with Crippen LogP contribution in [0, 0.1) is 11.7 Å². The number of benzene rings is 1. The molecule has 0 aliphatic heterocycles. The number of halogens is 1. The topological polar surface area (TPSA) is 38.9 Å². The second kappa shape index (κ2) is 5.57. The summed E-state index contributed by atoms with van der Waals surface area (Å²) in [6.45, 7) is 4.30.